The van der Waals surface area contributed by atoms with E-state index >= 15 is 0 Å². The second-order valence-electron chi connectivity index (χ2n) is 5.67. The van der Waals surface area contributed by atoms with Crippen molar-refractivity contribution in [2.24, 2.45) is 7.05 Å². The van der Waals surface area contributed by atoms with Gasteiger partial charge in [-0.25, -0.2) is 0 Å². The average Bonchev–Trinajstić information content (AvgIpc) is 2.89. The van der Waals surface area contributed by atoms with Gasteiger partial charge in [0.15, 0.2) is 5.82 Å². The first-order valence-corrected chi connectivity index (χ1v) is 6.96. The molecule has 0 atom stereocenters. The van der Waals surface area contributed by atoms with Crippen LogP contribution in [0.2, 0.25) is 0 Å². The smallest absolute Gasteiger partial charge is 0.188 e. The van der Waals surface area contributed by atoms with Gasteiger partial charge in [0.05, 0.1) is 13.6 Å². The number of tetrazole rings is 1. The minimum absolute atomic E-state index is 0.360. The molecule has 0 unspecified atom stereocenters. The van der Waals surface area contributed by atoms with Crippen LogP contribution in [0.1, 0.15) is 37.9 Å². The van der Waals surface area contributed by atoms with Crippen molar-refractivity contribution in [3.05, 3.63) is 5.82 Å². The van der Waals surface area contributed by atoms with Gasteiger partial charge in [-0.15, -0.1) is 10.2 Å². The summed E-state index contributed by atoms with van der Waals surface area (Å²) in [6.07, 6.45) is 6.57. The van der Waals surface area contributed by atoms with E-state index in [0.717, 1.165) is 32.0 Å². The zero-order valence-electron chi connectivity index (χ0n) is 11.1. The molecule has 6 heteroatoms. The third-order valence-corrected chi connectivity index (χ3v) is 4.15. The maximum Gasteiger partial charge on any atom is 0.188 e. The molecule has 1 aliphatic carbocycles. The van der Waals surface area contributed by atoms with E-state index in [0.29, 0.717) is 5.54 Å². The van der Waals surface area contributed by atoms with Gasteiger partial charge in [-0.05, 0) is 37.6 Å². The Morgan fingerprint density at radius 3 is 2.83 bits per heavy atom. The number of nitrogens with one attached hydrogen (secondary N) is 1. The maximum atomic E-state index is 4.28. The molecule has 0 amide bonds. The molecule has 2 fully saturated rings. The van der Waals surface area contributed by atoms with Crippen LogP contribution < -0.4 is 5.32 Å². The number of nitrogens with zero attached hydrogens (tertiary/aromatic N) is 5. The van der Waals surface area contributed by atoms with Crippen LogP contribution in [0.15, 0.2) is 0 Å². The van der Waals surface area contributed by atoms with Gasteiger partial charge >= 0.3 is 0 Å². The third kappa shape index (κ3) is 2.54. The summed E-state index contributed by atoms with van der Waals surface area (Å²) in [5, 5.41) is 16.1. The van der Waals surface area contributed by atoms with Crippen molar-refractivity contribution in [3.8, 4) is 0 Å². The molecule has 0 bridgehead atoms. The van der Waals surface area contributed by atoms with Crippen LogP contribution in [-0.2, 0) is 13.6 Å². The molecule has 2 heterocycles. The zero-order valence-corrected chi connectivity index (χ0v) is 11.1. The van der Waals surface area contributed by atoms with Gasteiger partial charge < -0.3 is 5.32 Å². The monoisotopic (exact) mass is 250 g/mol. The van der Waals surface area contributed by atoms with E-state index in [-0.39, 0.29) is 0 Å². The lowest BCUT2D eigenvalue weighted by Gasteiger charge is -2.32. The lowest BCUT2D eigenvalue weighted by molar-refractivity contribution is 0.199. The number of aryl methyl sites for hydroxylation is 1. The SMILES string of the molecule is Cn1nnc(CN2CCCNC3(CCCC3)C2)n1. The number of aromatic nitrogens is 4. The lowest BCUT2D eigenvalue weighted by atomic mass is 9.97. The molecule has 1 spiro atoms. The quantitative estimate of drug-likeness (QED) is 0.819. The van der Waals surface area contributed by atoms with Gasteiger partial charge in [0.25, 0.3) is 0 Å². The summed E-state index contributed by atoms with van der Waals surface area (Å²) < 4.78 is 0. The Balaban J connectivity index is 1.67. The molecular weight excluding hydrogens is 228 g/mol. The Bertz CT molecular complexity index is 395. The molecule has 18 heavy (non-hydrogen) atoms. The molecule has 2 aliphatic rings. The Morgan fingerprint density at radius 2 is 2.11 bits per heavy atom. The molecule has 0 aromatic carbocycles. The fraction of sp³-hybridized carbons (Fsp3) is 0.917. The van der Waals surface area contributed by atoms with Gasteiger partial charge in [-0.3, -0.25) is 4.90 Å². The molecule has 0 radical (unpaired) electrons. The van der Waals surface area contributed by atoms with E-state index in [1.165, 1.54) is 36.9 Å². The van der Waals surface area contributed by atoms with Gasteiger partial charge in [-0.2, -0.15) is 4.80 Å². The van der Waals surface area contributed by atoms with Crippen LogP contribution in [0.3, 0.4) is 0 Å². The minimum Gasteiger partial charge on any atom is -0.310 e. The molecule has 6 nitrogen and oxygen atoms in total. The van der Waals surface area contributed by atoms with E-state index in [4.69, 9.17) is 0 Å². The fourth-order valence-electron chi connectivity index (χ4n) is 3.33. The molecule has 1 aromatic heterocycles. The van der Waals surface area contributed by atoms with Gasteiger partial charge in [0, 0.05) is 12.1 Å². The second kappa shape index (κ2) is 4.93. The summed E-state index contributed by atoms with van der Waals surface area (Å²) in [6.45, 7) is 4.24. The predicted octanol–water partition coefficient (Wildman–Crippen LogP) is 0.318. The van der Waals surface area contributed by atoms with Crippen molar-refractivity contribution < 1.29 is 0 Å². The van der Waals surface area contributed by atoms with Gasteiger partial charge in [-0.1, -0.05) is 12.8 Å². The standard InChI is InChI=1S/C12H22N6/c1-17-15-11(14-16-17)9-18-8-4-7-13-12(10-18)5-2-3-6-12/h13H,2-10H2,1H3. The molecular formula is C12H22N6. The summed E-state index contributed by atoms with van der Waals surface area (Å²) in [4.78, 5) is 4.03. The summed E-state index contributed by atoms with van der Waals surface area (Å²) in [5.41, 5.74) is 0.360. The molecule has 1 saturated heterocycles. The zero-order chi connectivity index (χ0) is 12.4. The summed E-state index contributed by atoms with van der Waals surface area (Å²) in [7, 11) is 1.82. The molecule has 1 saturated carbocycles. The third-order valence-electron chi connectivity index (χ3n) is 4.15. The van der Waals surface area contributed by atoms with Crippen LogP contribution in [0.4, 0.5) is 0 Å². The highest BCUT2D eigenvalue weighted by molar-refractivity contribution is 4.97. The van der Waals surface area contributed by atoms with Crippen molar-refractivity contribution in [2.45, 2.75) is 44.2 Å². The molecule has 100 valence electrons. The first kappa shape index (κ1) is 12.0. The normalized spacial score (nSPS) is 24.5. The summed E-state index contributed by atoms with van der Waals surface area (Å²) >= 11 is 0. The van der Waals surface area contributed by atoms with Crippen molar-refractivity contribution in [2.75, 3.05) is 19.6 Å². The predicted molar refractivity (Wildman–Crippen MR) is 67.9 cm³/mol. The summed E-state index contributed by atoms with van der Waals surface area (Å²) in [6, 6.07) is 0. The number of hydrogen-bond acceptors (Lipinski definition) is 5. The first-order chi connectivity index (χ1) is 8.76. The minimum atomic E-state index is 0.360. The van der Waals surface area contributed by atoms with E-state index in [9.17, 15) is 0 Å². The Labute approximate surface area is 108 Å². The van der Waals surface area contributed by atoms with Gasteiger partial charge in [0.2, 0.25) is 0 Å². The van der Waals surface area contributed by atoms with Crippen LogP contribution in [-0.4, -0.2) is 50.3 Å². The van der Waals surface area contributed by atoms with Crippen LogP contribution in [0.25, 0.3) is 0 Å². The highest BCUT2D eigenvalue weighted by Crippen LogP contribution is 2.31. The van der Waals surface area contributed by atoms with Crippen LogP contribution in [0, 0.1) is 0 Å². The Morgan fingerprint density at radius 1 is 1.28 bits per heavy atom. The average molecular weight is 250 g/mol. The van der Waals surface area contributed by atoms with Crippen LogP contribution >= 0.6 is 0 Å². The second-order valence-corrected chi connectivity index (χ2v) is 5.67. The Hall–Kier alpha value is -1.01. The van der Waals surface area contributed by atoms with E-state index < -0.39 is 0 Å². The van der Waals surface area contributed by atoms with Crippen LogP contribution in [0.5, 0.6) is 0 Å². The molecule has 1 aliphatic heterocycles. The lowest BCUT2D eigenvalue weighted by Crippen LogP contribution is -2.49. The number of hydrogen-bond donors (Lipinski definition) is 1. The Kier molecular flexibility index (Phi) is 3.30. The van der Waals surface area contributed by atoms with Crippen molar-refractivity contribution in [1.82, 2.24) is 30.4 Å². The topological polar surface area (TPSA) is 58.9 Å². The van der Waals surface area contributed by atoms with E-state index in [1.54, 1.807) is 0 Å². The molecule has 1 aromatic rings. The highest BCUT2D eigenvalue weighted by atomic mass is 15.6. The summed E-state index contributed by atoms with van der Waals surface area (Å²) in [5.74, 6) is 0.840. The maximum absolute atomic E-state index is 4.28. The molecule has 1 N–H and O–H groups in total. The van der Waals surface area contributed by atoms with E-state index in [2.05, 4.69) is 25.6 Å². The van der Waals surface area contributed by atoms with Crippen molar-refractivity contribution in [3.63, 3.8) is 0 Å². The van der Waals surface area contributed by atoms with Crippen molar-refractivity contribution >= 4 is 0 Å². The fourth-order valence-corrected chi connectivity index (χ4v) is 3.33. The van der Waals surface area contributed by atoms with E-state index in [1.807, 2.05) is 7.05 Å². The van der Waals surface area contributed by atoms with Crippen molar-refractivity contribution in [1.29, 1.82) is 0 Å². The van der Waals surface area contributed by atoms with Gasteiger partial charge in [0.1, 0.15) is 0 Å². The largest absolute Gasteiger partial charge is 0.310 e. The number of rotatable bonds is 2. The first-order valence-electron chi connectivity index (χ1n) is 6.96. The highest BCUT2D eigenvalue weighted by Gasteiger charge is 2.36. The molecule has 3 rings (SSSR count).